The summed E-state index contributed by atoms with van der Waals surface area (Å²) in [6.45, 7) is 11.6. The predicted molar refractivity (Wildman–Crippen MR) is 104 cm³/mol. The van der Waals surface area contributed by atoms with Gasteiger partial charge in [0.2, 0.25) is 12.3 Å². The van der Waals surface area contributed by atoms with Gasteiger partial charge in [-0.05, 0) is 11.6 Å². The van der Waals surface area contributed by atoms with E-state index in [1.165, 1.54) is 24.2 Å². The summed E-state index contributed by atoms with van der Waals surface area (Å²) >= 11 is 0. The van der Waals surface area contributed by atoms with Crippen molar-refractivity contribution in [2.24, 2.45) is 5.73 Å². The molecule has 0 aliphatic carbocycles. The number of nitrogens with zero attached hydrogens (tertiary/aromatic N) is 3. The Hall–Kier alpha value is -3.22. The number of hydrogen-bond donors (Lipinski definition) is 1. The highest BCUT2D eigenvalue weighted by molar-refractivity contribution is 6.03. The van der Waals surface area contributed by atoms with Gasteiger partial charge in [0, 0.05) is 26.8 Å². The van der Waals surface area contributed by atoms with Crippen molar-refractivity contribution < 1.29 is 14.4 Å². The zero-order chi connectivity index (χ0) is 20.3. The minimum atomic E-state index is -0.710. The average molecular weight is 358 g/mol. The number of likely N-dealkylation sites (N-methyl/N-ethyl adjacent to an activating group) is 1. The van der Waals surface area contributed by atoms with Crippen molar-refractivity contribution in [1.29, 1.82) is 0 Å². The number of anilines is 1. The summed E-state index contributed by atoms with van der Waals surface area (Å²) in [5.74, 6) is -0.983. The molecule has 7 heteroatoms. The van der Waals surface area contributed by atoms with Crippen LogP contribution in [-0.4, -0.2) is 48.7 Å². The summed E-state index contributed by atoms with van der Waals surface area (Å²) in [5.41, 5.74) is 6.21. The molecule has 0 aromatic carbocycles. The Morgan fingerprint density at radius 2 is 1.88 bits per heavy atom. The molecule has 1 rings (SSSR count). The minimum absolute atomic E-state index is 0.0837. The van der Waals surface area contributed by atoms with Crippen LogP contribution in [0, 0.1) is 0 Å². The highest BCUT2D eigenvalue weighted by Gasteiger charge is 2.21. The Labute approximate surface area is 154 Å². The van der Waals surface area contributed by atoms with Crippen LogP contribution >= 0.6 is 0 Å². The molecule has 1 aromatic heterocycles. The molecular weight excluding hydrogens is 332 g/mol. The lowest BCUT2D eigenvalue weighted by Crippen LogP contribution is -2.31. The van der Waals surface area contributed by atoms with Crippen LogP contribution in [0.3, 0.4) is 0 Å². The number of carbonyl (C=O) groups excluding carboxylic acids is 3. The van der Waals surface area contributed by atoms with Gasteiger partial charge in [-0.15, -0.1) is 0 Å². The molecule has 0 unspecified atom stereocenters. The fraction of sp³-hybridized carbons (Fsp3) is 0.263. The zero-order valence-electron chi connectivity index (χ0n) is 15.7. The maximum Gasteiger partial charge on any atom is 0.257 e. The molecule has 140 valence electrons. The monoisotopic (exact) mass is 358 g/mol. The van der Waals surface area contributed by atoms with Crippen LogP contribution in [0.5, 0.6) is 0 Å². The third-order valence-electron chi connectivity index (χ3n) is 3.23. The lowest BCUT2D eigenvalue weighted by atomic mass is 10.1. The second kappa shape index (κ2) is 11.4. The molecule has 0 radical (unpaired) electrons. The number of rotatable bonds is 8. The van der Waals surface area contributed by atoms with Crippen LogP contribution < -0.4 is 10.6 Å². The molecule has 0 aliphatic heterocycles. The first-order valence-electron chi connectivity index (χ1n) is 8.03. The average Bonchev–Trinajstić information content (AvgIpc) is 2.67. The highest BCUT2D eigenvalue weighted by Crippen LogP contribution is 2.19. The summed E-state index contributed by atoms with van der Waals surface area (Å²) in [7, 11) is 3.05. The van der Waals surface area contributed by atoms with Gasteiger partial charge >= 0.3 is 0 Å². The predicted octanol–water partition coefficient (Wildman–Crippen LogP) is 2.17. The fourth-order valence-corrected chi connectivity index (χ4v) is 1.97. The maximum atomic E-state index is 12.7. The van der Waals surface area contributed by atoms with Gasteiger partial charge in [0.15, 0.2) is 0 Å². The Morgan fingerprint density at radius 3 is 2.35 bits per heavy atom. The molecule has 0 saturated carbocycles. The van der Waals surface area contributed by atoms with Gasteiger partial charge in [0.1, 0.15) is 5.82 Å². The van der Waals surface area contributed by atoms with E-state index in [9.17, 15) is 14.4 Å². The number of amides is 3. The molecule has 0 atom stereocenters. The van der Waals surface area contributed by atoms with Crippen molar-refractivity contribution in [3.63, 3.8) is 0 Å². The SMILES string of the molecule is C=C/C=C(\C=C)CN(C)C(=O)c1cc(C(N)=O)cnc1N(C)C=O.CC. The van der Waals surface area contributed by atoms with Crippen LogP contribution in [-0.2, 0) is 4.79 Å². The van der Waals surface area contributed by atoms with Gasteiger partial charge in [-0.2, -0.15) is 0 Å². The van der Waals surface area contributed by atoms with E-state index < -0.39 is 11.8 Å². The summed E-state index contributed by atoms with van der Waals surface area (Å²) < 4.78 is 0. The number of hydrogen-bond acceptors (Lipinski definition) is 4. The second-order valence-electron chi connectivity index (χ2n) is 5.02. The van der Waals surface area contributed by atoms with E-state index in [4.69, 9.17) is 5.73 Å². The van der Waals surface area contributed by atoms with Crippen molar-refractivity contribution in [3.05, 3.63) is 60.3 Å². The van der Waals surface area contributed by atoms with E-state index >= 15 is 0 Å². The largest absolute Gasteiger partial charge is 0.366 e. The first kappa shape index (κ1) is 22.8. The van der Waals surface area contributed by atoms with Crippen LogP contribution in [0.25, 0.3) is 0 Å². The molecule has 0 saturated heterocycles. The maximum absolute atomic E-state index is 12.7. The van der Waals surface area contributed by atoms with E-state index in [1.807, 2.05) is 13.8 Å². The van der Waals surface area contributed by atoms with Gasteiger partial charge < -0.3 is 15.5 Å². The van der Waals surface area contributed by atoms with Crippen molar-refractivity contribution in [2.45, 2.75) is 13.8 Å². The summed E-state index contributed by atoms with van der Waals surface area (Å²) in [6, 6.07) is 1.33. The molecule has 1 aromatic rings. The second-order valence-corrected chi connectivity index (χ2v) is 5.02. The van der Waals surface area contributed by atoms with E-state index in [2.05, 4.69) is 18.1 Å². The fourth-order valence-electron chi connectivity index (χ4n) is 1.97. The topological polar surface area (TPSA) is 96.6 Å². The molecule has 0 fully saturated rings. The Kier molecular flexibility index (Phi) is 9.95. The van der Waals surface area contributed by atoms with E-state index in [1.54, 1.807) is 25.3 Å². The van der Waals surface area contributed by atoms with Crippen molar-refractivity contribution in [3.8, 4) is 0 Å². The molecule has 0 spiro atoms. The zero-order valence-corrected chi connectivity index (χ0v) is 15.7. The lowest BCUT2D eigenvalue weighted by Gasteiger charge is -2.21. The number of aromatic nitrogens is 1. The van der Waals surface area contributed by atoms with Crippen molar-refractivity contribution >= 4 is 24.0 Å². The van der Waals surface area contributed by atoms with Gasteiger partial charge in [-0.25, -0.2) is 4.98 Å². The molecule has 7 nitrogen and oxygen atoms in total. The lowest BCUT2D eigenvalue weighted by molar-refractivity contribution is -0.107. The van der Waals surface area contributed by atoms with Gasteiger partial charge in [0.25, 0.3) is 5.91 Å². The highest BCUT2D eigenvalue weighted by atomic mass is 16.2. The normalized spacial score (nSPS) is 10.1. The third kappa shape index (κ3) is 6.01. The smallest absolute Gasteiger partial charge is 0.257 e. The molecule has 0 bridgehead atoms. The third-order valence-corrected chi connectivity index (χ3v) is 3.23. The van der Waals surface area contributed by atoms with Crippen LogP contribution in [0.4, 0.5) is 5.82 Å². The molecule has 3 amide bonds. The number of primary amides is 1. The van der Waals surface area contributed by atoms with Crippen molar-refractivity contribution in [1.82, 2.24) is 9.88 Å². The first-order valence-corrected chi connectivity index (χ1v) is 8.03. The quantitative estimate of drug-likeness (QED) is 0.569. The number of carbonyl (C=O) groups is 3. The van der Waals surface area contributed by atoms with Crippen molar-refractivity contribution in [2.75, 3.05) is 25.5 Å². The summed E-state index contributed by atoms with van der Waals surface area (Å²) in [4.78, 5) is 41.7. The summed E-state index contributed by atoms with van der Waals surface area (Å²) in [6.07, 6.45) is 6.68. The summed E-state index contributed by atoms with van der Waals surface area (Å²) in [5, 5.41) is 0. The number of nitrogens with two attached hydrogens (primary N) is 1. The van der Waals surface area contributed by atoms with E-state index in [-0.39, 0.29) is 23.5 Å². The molecule has 26 heavy (non-hydrogen) atoms. The Morgan fingerprint density at radius 1 is 1.27 bits per heavy atom. The van der Waals surface area contributed by atoms with Crippen LogP contribution in [0.2, 0.25) is 0 Å². The Balaban J connectivity index is 0.00000301. The number of pyridine rings is 1. The number of allylic oxidation sites excluding steroid dienone is 2. The van der Waals surface area contributed by atoms with E-state index in [0.29, 0.717) is 6.41 Å². The van der Waals surface area contributed by atoms with Gasteiger partial charge in [-0.1, -0.05) is 45.2 Å². The minimum Gasteiger partial charge on any atom is -0.366 e. The van der Waals surface area contributed by atoms with Crippen LogP contribution in [0.15, 0.2) is 49.2 Å². The van der Waals surface area contributed by atoms with Gasteiger partial charge in [-0.3, -0.25) is 14.4 Å². The van der Waals surface area contributed by atoms with Gasteiger partial charge in [0.05, 0.1) is 11.1 Å². The molecule has 1 heterocycles. The standard InChI is InChI=1S/C17H20N4O3.C2H6/c1-5-7-12(6-2)10-20(3)17(24)14-8-13(15(18)23)9-19-16(14)21(4)11-22;1-2/h5-9,11H,1-2,10H2,3-4H3,(H2,18,23);1-2H3/b12-7+;. The van der Waals surface area contributed by atoms with Crippen LogP contribution in [0.1, 0.15) is 34.6 Å². The Bertz CT molecular complexity index is 711. The van der Waals surface area contributed by atoms with E-state index in [0.717, 1.165) is 10.5 Å². The first-order chi connectivity index (χ1) is 12.3. The molecule has 2 N–H and O–H groups in total. The molecular formula is C19H26N4O3. The molecule has 0 aliphatic rings.